The molecule has 1 aromatic rings. The Hall–Kier alpha value is -2.40. The van der Waals surface area contributed by atoms with Crippen LogP contribution in [0.3, 0.4) is 0 Å². The fourth-order valence-electron chi connectivity index (χ4n) is 2.55. The van der Waals surface area contributed by atoms with Gasteiger partial charge in [0.15, 0.2) is 0 Å². The van der Waals surface area contributed by atoms with Crippen molar-refractivity contribution in [3.05, 3.63) is 52.2 Å². The number of rotatable bonds is 7. The molecule has 25 heavy (non-hydrogen) atoms. The molecule has 5 N–H and O–H groups in total. The lowest BCUT2D eigenvalue weighted by Crippen LogP contribution is -2.12. The molecule has 5 heteroatoms. The molecule has 0 saturated heterocycles. The quantitative estimate of drug-likeness (QED) is 0.664. The molecule has 0 radical (unpaired) electrons. The Balaban J connectivity index is 3.50. The molecular weight excluding hydrogens is 312 g/mol. The van der Waals surface area contributed by atoms with Gasteiger partial charge in [0.25, 0.3) is 0 Å². The molecule has 0 aromatic heterocycles. The van der Waals surface area contributed by atoms with Crippen LogP contribution in [-0.4, -0.2) is 30.6 Å². The van der Waals surface area contributed by atoms with Gasteiger partial charge in [0.1, 0.15) is 0 Å². The number of hydrogen-bond acceptors (Lipinski definition) is 5. The summed E-state index contributed by atoms with van der Waals surface area (Å²) in [5.41, 5.74) is 18.1. The molecule has 5 nitrogen and oxygen atoms in total. The third-order valence-corrected chi connectivity index (χ3v) is 4.08. The van der Waals surface area contributed by atoms with Gasteiger partial charge in [0, 0.05) is 48.8 Å². The van der Waals surface area contributed by atoms with E-state index < -0.39 is 6.10 Å². The molecule has 0 aliphatic rings. The molecule has 0 bridgehead atoms. The molecule has 0 fully saturated rings. The summed E-state index contributed by atoms with van der Waals surface area (Å²) in [5, 5.41) is 10.1. The Morgan fingerprint density at radius 3 is 2.56 bits per heavy atom. The maximum Gasteiger partial charge on any atom is 0.0768 e. The Labute approximate surface area is 150 Å². The molecular formula is C20H30N4O. The lowest BCUT2D eigenvalue weighted by Gasteiger charge is -2.18. The van der Waals surface area contributed by atoms with E-state index in [0.29, 0.717) is 18.7 Å². The fraction of sp³-hybridized carbons (Fsp3) is 0.400. The van der Waals surface area contributed by atoms with Crippen LogP contribution < -0.4 is 11.5 Å². The standard InChI is InChI=1S/C20H30N4O/c1-6-24-12-16(11-21)10-18(14(3)23-5)20(22)17-8-7-13(2)9-19(17)15(4)25/h7-9,11-12,15,25H,6,10,21-22H2,1-5H3/t15-/m1/s1. The predicted molar refractivity (Wildman–Crippen MR) is 108 cm³/mol. The van der Waals surface area contributed by atoms with E-state index in [2.05, 4.69) is 9.98 Å². The summed E-state index contributed by atoms with van der Waals surface area (Å²) in [6, 6.07) is 5.89. The van der Waals surface area contributed by atoms with Crippen LogP contribution in [-0.2, 0) is 0 Å². The van der Waals surface area contributed by atoms with Crippen LogP contribution in [0.5, 0.6) is 0 Å². The molecule has 1 aromatic carbocycles. The van der Waals surface area contributed by atoms with E-state index in [4.69, 9.17) is 11.5 Å². The Bertz CT molecular complexity index is 712. The van der Waals surface area contributed by atoms with E-state index in [0.717, 1.165) is 33.5 Å². The SMILES string of the molecule is CCN=CC(=CN)CC(C(C)=NC)=C(N)c1ccc(C)cc1[C@@H](C)O. The van der Waals surface area contributed by atoms with E-state index >= 15 is 0 Å². The number of aryl methyl sites for hydroxylation is 1. The van der Waals surface area contributed by atoms with Crippen molar-refractivity contribution in [3.63, 3.8) is 0 Å². The number of nitrogens with two attached hydrogens (primary N) is 2. The highest BCUT2D eigenvalue weighted by molar-refractivity contribution is 6.05. The van der Waals surface area contributed by atoms with Gasteiger partial charge in [-0.25, -0.2) is 0 Å². The fourth-order valence-corrected chi connectivity index (χ4v) is 2.55. The Morgan fingerprint density at radius 2 is 2.04 bits per heavy atom. The van der Waals surface area contributed by atoms with Crippen molar-refractivity contribution in [2.24, 2.45) is 21.5 Å². The van der Waals surface area contributed by atoms with Crippen molar-refractivity contribution in [2.45, 2.75) is 40.2 Å². The third kappa shape index (κ3) is 5.57. The number of aliphatic hydroxyl groups excluding tert-OH is 1. The monoisotopic (exact) mass is 342 g/mol. The summed E-state index contributed by atoms with van der Waals surface area (Å²) >= 11 is 0. The maximum atomic E-state index is 10.1. The topological polar surface area (TPSA) is 97.0 Å². The van der Waals surface area contributed by atoms with Crippen molar-refractivity contribution >= 4 is 17.6 Å². The number of hydrogen-bond donors (Lipinski definition) is 3. The molecule has 0 unspecified atom stereocenters. The van der Waals surface area contributed by atoms with Crippen molar-refractivity contribution in [1.29, 1.82) is 0 Å². The van der Waals surface area contributed by atoms with Gasteiger partial charge in [-0.15, -0.1) is 0 Å². The van der Waals surface area contributed by atoms with Crippen LogP contribution in [0.1, 0.15) is 50.0 Å². The second kappa shape index (κ2) is 9.79. The van der Waals surface area contributed by atoms with Gasteiger partial charge in [-0.2, -0.15) is 0 Å². The number of aliphatic hydroxyl groups is 1. The molecule has 0 aliphatic carbocycles. The first-order valence-electron chi connectivity index (χ1n) is 8.47. The number of benzene rings is 1. The highest BCUT2D eigenvalue weighted by atomic mass is 16.3. The van der Waals surface area contributed by atoms with Gasteiger partial charge in [-0.3, -0.25) is 9.98 Å². The Kier molecular flexibility index (Phi) is 8.08. The normalized spacial score (nSPS) is 15.4. The highest BCUT2D eigenvalue weighted by Crippen LogP contribution is 2.27. The second-order valence-electron chi connectivity index (χ2n) is 6.01. The summed E-state index contributed by atoms with van der Waals surface area (Å²) in [7, 11) is 1.74. The third-order valence-electron chi connectivity index (χ3n) is 4.08. The minimum absolute atomic E-state index is 0.530. The zero-order chi connectivity index (χ0) is 19.0. The summed E-state index contributed by atoms with van der Waals surface area (Å²) in [6.45, 7) is 8.31. The van der Waals surface area contributed by atoms with Crippen LogP contribution in [0.25, 0.3) is 5.70 Å². The average Bonchev–Trinajstić information content (AvgIpc) is 2.60. The van der Waals surface area contributed by atoms with Gasteiger partial charge < -0.3 is 16.6 Å². The van der Waals surface area contributed by atoms with Gasteiger partial charge in [0.05, 0.1) is 6.10 Å². The molecule has 0 spiro atoms. The first-order chi connectivity index (χ1) is 11.8. The van der Waals surface area contributed by atoms with Crippen LogP contribution in [0.15, 0.2) is 45.5 Å². The predicted octanol–water partition coefficient (Wildman–Crippen LogP) is 3.13. The lowest BCUT2D eigenvalue weighted by molar-refractivity contribution is 0.199. The first kappa shape index (κ1) is 20.6. The largest absolute Gasteiger partial charge is 0.404 e. The number of allylic oxidation sites excluding steroid dienone is 2. The van der Waals surface area contributed by atoms with E-state index in [1.165, 1.54) is 0 Å². The van der Waals surface area contributed by atoms with Gasteiger partial charge in [0.2, 0.25) is 0 Å². The molecule has 0 heterocycles. The maximum absolute atomic E-state index is 10.1. The van der Waals surface area contributed by atoms with Crippen molar-refractivity contribution < 1.29 is 5.11 Å². The zero-order valence-corrected chi connectivity index (χ0v) is 15.9. The van der Waals surface area contributed by atoms with E-state index in [1.54, 1.807) is 26.4 Å². The molecule has 0 saturated carbocycles. The van der Waals surface area contributed by atoms with E-state index in [9.17, 15) is 5.11 Å². The average molecular weight is 342 g/mol. The molecule has 0 aliphatic heterocycles. The van der Waals surface area contributed by atoms with Gasteiger partial charge in [-0.1, -0.05) is 23.8 Å². The van der Waals surface area contributed by atoms with Crippen molar-refractivity contribution in [2.75, 3.05) is 13.6 Å². The van der Waals surface area contributed by atoms with Crippen LogP contribution in [0.4, 0.5) is 0 Å². The van der Waals surface area contributed by atoms with Crippen LogP contribution in [0.2, 0.25) is 0 Å². The van der Waals surface area contributed by atoms with Gasteiger partial charge in [-0.05, 0) is 45.0 Å². The molecule has 136 valence electrons. The van der Waals surface area contributed by atoms with Crippen molar-refractivity contribution in [3.8, 4) is 0 Å². The molecule has 1 rings (SSSR count). The summed E-state index contributed by atoms with van der Waals surface area (Å²) in [4.78, 5) is 8.55. The van der Waals surface area contributed by atoms with E-state index in [-0.39, 0.29) is 0 Å². The zero-order valence-electron chi connectivity index (χ0n) is 15.9. The van der Waals surface area contributed by atoms with Crippen molar-refractivity contribution in [1.82, 2.24) is 0 Å². The molecule has 0 amide bonds. The van der Waals surface area contributed by atoms with Gasteiger partial charge >= 0.3 is 0 Å². The second-order valence-corrected chi connectivity index (χ2v) is 6.01. The summed E-state index contributed by atoms with van der Waals surface area (Å²) < 4.78 is 0. The highest BCUT2D eigenvalue weighted by Gasteiger charge is 2.16. The molecule has 1 atom stereocenters. The lowest BCUT2D eigenvalue weighted by atomic mass is 9.92. The number of aliphatic imine (C=N–C) groups is 2. The van der Waals surface area contributed by atoms with E-state index in [1.807, 2.05) is 39.0 Å². The summed E-state index contributed by atoms with van der Waals surface area (Å²) in [6.07, 6.45) is 3.23. The minimum Gasteiger partial charge on any atom is -0.404 e. The van der Waals surface area contributed by atoms with Crippen LogP contribution in [0, 0.1) is 6.92 Å². The smallest absolute Gasteiger partial charge is 0.0768 e. The first-order valence-corrected chi connectivity index (χ1v) is 8.47. The number of nitrogens with zero attached hydrogens (tertiary/aromatic N) is 2. The summed E-state index contributed by atoms with van der Waals surface area (Å²) in [5.74, 6) is 0. The Morgan fingerprint density at radius 1 is 1.36 bits per heavy atom. The van der Waals surface area contributed by atoms with Crippen LogP contribution >= 0.6 is 0 Å². The minimum atomic E-state index is -0.611.